The molecule has 2 nitrogen and oxygen atoms in total. The van der Waals surface area contributed by atoms with Crippen molar-refractivity contribution in [1.29, 1.82) is 0 Å². The lowest BCUT2D eigenvalue weighted by Gasteiger charge is -2.43. The first kappa shape index (κ1) is 8.25. The van der Waals surface area contributed by atoms with Crippen LogP contribution in [0.5, 0.6) is 0 Å². The van der Waals surface area contributed by atoms with Crippen LogP contribution in [-0.4, -0.2) is 37.6 Å². The summed E-state index contributed by atoms with van der Waals surface area (Å²) in [6.07, 6.45) is 3.01. The molecule has 13 heavy (non-hydrogen) atoms. The van der Waals surface area contributed by atoms with Crippen LogP contribution in [-0.2, 0) is 0 Å². The Morgan fingerprint density at radius 2 is 2.23 bits per heavy atom. The molecule has 1 saturated carbocycles. The number of likely N-dealkylation sites (tertiary alicyclic amines) is 1. The lowest BCUT2D eigenvalue weighted by atomic mass is 9.83. The Bertz CT molecular complexity index is 210. The topological polar surface area (TPSA) is 15.3 Å². The highest BCUT2D eigenvalue weighted by Gasteiger charge is 2.43. The summed E-state index contributed by atoms with van der Waals surface area (Å²) in [5.41, 5.74) is 0.599. The third-order valence-corrected chi connectivity index (χ3v) is 4.09. The summed E-state index contributed by atoms with van der Waals surface area (Å²) in [5, 5.41) is 3.39. The summed E-state index contributed by atoms with van der Waals surface area (Å²) < 4.78 is 0. The van der Waals surface area contributed by atoms with E-state index in [9.17, 15) is 0 Å². The van der Waals surface area contributed by atoms with E-state index in [1.807, 2.05) is 0 Å². The number of hydrogen-bond acceptors (Lipinski definition) is 2. The average Bonchev–Trinajstić information content (AvgIpc) is 2.79. The minimum Gasteiger partial charge on any atom is -0.315 e. The minimum atomic E-state index is 0.599. The van der Waals surface area contributed by atoms with E-state index in [-0.39, 0.29) is 0 Å². The molecule has 0 aromatic carbocycles. The van der Waals surface area contributed by atoms with Crippen molar-refractivity contribution >= 4 is 0 Å². The van der Waals surface area contributed by atoms with Crippen molar-refractivity contribution in [2.45, 2.75) is 19.8 Å². The highest BCUT2D eigenvalue weighted by Crippen LogP contribution is 2.45. The molecule has 0 bridgehead atoms. The first-order valence-corrected chi connectivity index (χ1v) is 5.68. The van der Waals surface area contributed by atoms with Crippen LogP contribution in [0.4, 0.5) is 0 Å². The van der Waals surface area contributed by atoms with E-state index in [0.717, 1.165) is 11.8 Å². The zero-order valence-electron chi connectivity index (χ0n) is 8.55. The van der Waals surface area contributed by atoms with Crippen LogP contribution in [0.15, 0.2) is 0 Å². The van der Waals surface area contributed by atoms with Crippen LogP contribution in [0, 0.1) is 17.3 Å². The van der Waals surface area contributed by atoms with Gasteiger partial charge in [-0.1, -0.05) is 6.92 Å². The third kappa shape index (κ3) is 1.50. The van der Waals surface area contributed by atoms with Crippen LogP contribution >= 0.6 is 0 Å². The largest absolute Gasteiger partial charge is 0.315 e. The molecule has 0 spiro atoms. The van der Waals surface area contributed by atoms with E-state index in [1.165, 1.54) is 45.6 Å². The number of rotatable bonds is 2. The van der Waals surface area contributed by atoms with Crippen LogP contribution in [0.2, 0.25) is 0 Å². The quantitative estimate of drug-likeness (QED) is 0.680. The fourth-order valence-corrected chi connectivity index (χ4v) is 3.01. The number of piperidine rings is 1. The van der Waals surface area contributed by atoms with Crippen molar-refractivity contribution in [2.75, 3.05) is 32.7 Å². The predicted molar refractivity (Wildman–Crippen MR) is 53.6 cm³/mol. The smallest absolute Gasteiger partial charge is 0.00598 e. The molecule has 3 aliphatic rings. The standard InChI is InChI=1S/C11H20N2/c1-11(6-12-7-11)8-13-3-2-9-4-10(9)5-13/h9-10,12H,2-8H2,1H3. The van der Waals surface area contributed by atoms with E-state index in [2.05, 4.69) is 17.1 Å². The van der Waals surface area contributed by atoms with Gasteiger partial charge in [-0.2, -0.15) is 0 Å². The molecule has 0 aromatic heterocycles. The molecule has 2 unspecified atom stereocenters. The van der Waals surface area contributed by atoms with Gasteiger partial charge in [0.05, 0.1) is 0 Å². The van der Waals surface area contributed by atoms with Crippen molar-refractivity contribution in [2.24, 2.45) is 17.3 Å². The van der Waals surface area contributed by atoms with Crippen LogP contribution < -0.4 is 5.32 Å². The molecule has 0 aromatic rings. The molecule has 74 valence electrons. The predicted octanol–water partition coefficient (Wildman–Crippen LogP) is 0.938. The van der Waals surface area contributed by atoms with Gasteiger partial charge in [0.25, 0.3) is 0 Å². The molecule has 1 aliphatic carbocycles. The Labute approximate surface area is 80.7 Å². The molecule has 2 heteroatoms. The monoisotopic (exact) mass is 180 g/mol. The van der Waals surface area contributed by atoms with Gasteiger partial charge in [0.2, 0.25) is 0 Å². The van der Waals surface area contributed by atoms with Crippen LogP contribution in [0.1, 0.15) is 19.8 Å². The third-order valence-electron chi connectivity index (χ3n) is 4.09. The van der Waals surface area contributed by atoms with E-state index in [1.54, 1.807) is 0 Å². The zero-order chi connectivity index (χ0) is 8.89. The maximum absolute atomic E-state index is 3.39. The van der Waals surface area contributed by atoms with Crippen molar-refractivity contribution in [1.82, 2.24) is 10.2 Å². The first-order chi connectivity index (χ1) is 6.25. The van der Waals surface area contributed by atoms with Crippen LogP contribution in [0.25, 0.3) is 0 Å². The first-order valence-electron chi connectivity index (χ1n) is 5.68. The van der Waals surface area contributed by atoms with Gasteiger partial charge >= 0.3 is 0 Å². The summed E-state index contributed by atoms with van der Waals surface area (Å²) in [6, 6.07) is 0. The maximum Gasteiger partial charge on any atom is 0.00598 e. The Hall–Kier alpha value is -0.0800. The van der Waals surface area contributed by atoms with E-state index in [4.69, 9.17) is 0 Å². The number of nitrogens with one attached hydrogen (secondary N) is 1. The molecule has 2 saturated heterocycles. The van der Waals surface area contributed by atoms with Crippen molar-refractivity contribution < 1.29 is 0 Å². The highest BCUT2D eigenvalue weighted by atomic mass is 15.2. The molecule has 2 heterocycles. The second-order valence-corrected chi connectivity index (χ2v) is 5.69. The molecule has 0 radical (unpaired) electrons. The average molecular weight is 180 g/mol. The summed E-state index contributed by atoms with van der Waals surface area (Å²) in [4.78, 5) is 2.70. The molecule has 3 rings (SSSR count). The summed E-state index contributed by atoms with van der Waals surface area (Å²) >= 11 is 0. The normalized spacial score (nSPS) is 42.2. The molecule has 2 atom stereocenters. The lowest BCUT2D eigenvalue weighted by molar-refractivity contribution is 0.0920. The Kier molecular flexibility index (Phi) is 1.72. The van der Waals surface area contributed by atoms with Gasteiger partial charge in [-0.15, -0.1) is 0 Å². The minimum absolute atomic E-state index is 0.599. The van der Waals surface area contributed by atoms with Gasteiger partial charge in [0.15, 0.2) is 0 Å². The van der Waals surface area contributed by atoms with E-state index < -0.39 is 0 Å². The second-order valence-electron chi connectivity index (χ2n) is 5.69. The lowest BCUT2D eigenvalue weighted by Crippen LogP contribution is -2.57. The Balaban J connectivity index is 1.54. The summed E-state index contributed by atoms with van der Waals surface area (Å²) in [6.45, 7) is 9.00. The van der Waals surface area contributed by atoms with Gasteiger partial charge < -0.3 is 10.2 Å². The maximum atomic E-state index is 3.39. The molecule has 2 aliphatic heterocycles. The van der Waals surface area contributed by atoms with Gasteiger partial charge in [0, 0.05) is 31.6 Å². The van der Waals surface area contributed by atoms with Gasteiger partial charge in [-0.05, 0) is 31.2 Å². The van der Waals surface area contributed by atoms with Crippen molar-refractivity contribution in [3.8, 4) is 0 Å². The Morgan fingerprint density at radius 3 is 2.85 bits per heavy atom. The number of hydrogen-bond donors (Lipinski definition) is 1. The molecule has 3 fully saturated rings. The number of nitrogens with zero attached hydrogens (tertiary/aromatic N) is 1. The van der Waals surface area contributed by atoms with Crippen molar-refractivity contribution in [3.63, 3.8) is 0 Å². The van der Waals surface area contributed by atoms with Gasteiger partial charge in [-0.25, -0.2) is 0 Å². The number of fused-ring (bicyclic) bond motifs is 1. The van der Waals surface area contributed by atoms with E-state index in [0.29, 0.717) is 5.41 Å². The fourth-order valence-electron chi connectivity index (χ4n) is 3.01. The molecule has 0 amide bonds. The van der Waals surface area contributed by atoms with Crippen LogP contribution in [0.3, 0.4) is 0 Å². The van der Waals surface area contributed by atoms with E-state index >= 15 is 0 Å². The summed E-state index contributed by atoms with van der Waals surface area (Å²) in [7, 11) is 0. The molecule has 1 N–H and O–H groups in total. The Morgan fingerprint density at radius 1 is 1.38 bits per heavy atom. The zero-order valence-corrected chi connectivity index (χ0v) is 8.55. The summed E-state index contributed by atoms with van der Waals surface area (Å²) in [5.74, 6) is 2.22. The van der Waals surface area contributed by atoms with Gasteiger partial charge in [0.1, 0.15) is 0 Å². The molecular formula is C11H20N2. The second kappa shape index (κ2) is 2.71. The van der Waals surface area contributed by atoms with Gasteiger partial charge in [-0.3, -0.25) is 0 Å². The molecular weight excluding hydrogens is 160 g/mol. The SMILES string of the molecule is CC1(CN2CCC3CC3C2)CNC1. The highest BCUT2D eigenvalue weighted by molar-refractivity contribution is 4.97. The fraction of sp³-hybridized carbons (Fsp3) is 1.00. The van der Waals surface area contributed by atoms with Crippen molar-refractivity contribution in [3.05, 3.63) is 0 Å².